The van der Waals surface area contributed by atoms with Crippen LogP contribution in [0.25, 0.3) is 0 Å². The minimum atomic E-state index is 0.225. The third kappa shape index (κ3) is 4.05. The summed E-state index contributed by atoms with van der Waals surface area (Å²) in [6.07, 6.45) is 2.31. The number of hydrogen-bond donors (Lipinski definition) is 0. The van der Waals surface area contributed by atoms with Crippen LogP contribution in [0.3, 0.4) is 0 Å². The second-order valence-electron chi connectivity index (χ2n) is 4.45. The van der Waals surface area contributed by atoms with E-state index < -0.39 is 0 Å². The van der Waals surface area contributed by atoms with E-state index in [1.807, 2.05) is 23.5 Å². The molecular weight excluding hydrogens is 268 g/mol. The Morgan fingerprint density at radius 2 is 1.05 bits per heavy atom. The molecule has 0 aliphatic heterocycles. The lowest BCUT2D eigenvalue weighted by Gasteiger charge is -2.30. The Morgan fingerprint density at radius 1 is 0.684 bits per heavy atom. The average Bonchev–Trinajstić information content (AvgIpc) is 2.48. The van der Waals surface area contributed by atoms with Crippen molar-refractivity contribution in [1.29, 1.82) is 0 Å². The van der Waals surface area contributed by atoms with E-state index in [0.29, 0.717) is 0 Å². The van der Waals surface area contributed by atoms with E-state index in [4.69, 9.17) is 0 Å². The Hall–Kier alpha value is -0.860. The molecule has 0 atom stereocenters. The van der Waals surface area contributed by atoms with Gasteiger partial charge in [-0.3, -0.25) is 0 Å². The maximum absolute atomic E-state index is 2.29. The molecule has 0 amide bonds. The molecule has 0 saturated heterocycles. The van der Waals surface area contributed by atoms with Crippen LogP contribution in [0.4, 0.5) is 0 Å². The van der Waals surface area contributed by atoms with Crippen LogP contribution in [0, 0.1) is 0 Å². The Bertz CT molecular complexity index is 432. The van der Waals surface area contributed by atoms with Gasteiger partial charge in [-0.25, -0.2) is 0 Å². The first-order valence-electron chi connectivity index (χ1n) is 6.76. The van der Waals surface area contributed by atoms with Crippen molar-refractivity contribution >= 4 is 23.5 Å². The SMILES string of the molecule is CCC(CC)(Sc1ccccc1)Sc1ccccc1. The summed E-state index contributed by atoms with van der Waals surface area (Å²) < 4.78 is 0.225. The fourth-order valence-electron chi connectivity index (χ4n) is 1.97. The van der Waals surface area contributed by atoms with Gasteiger partial charge in [-0.15, -0.1) is 23.5 Å². The van der Waals surface area contributed by atoms with E-state index >= 15 is 0 Å². The molecule has 2 aromatic carbocycles. The summed E-state index contributed by atoms with van der Waals surface area (Å²) in [5.41, 5.74) is 0. The van der Waals surface area contributed by atoms with Gasteiger partial charge >= 0.3 is 0 Å². The normalized spacial score (nSPS) is 11.5. The van der Waals surface area contributed by atoms with Crippen LogP contribution in [0.2, 0.25) is 0 Å². The van der Waals surface area contributed by atoms with Crippen LogP contribution >= 0.6 is 23.5 Å². The van der Waals surface area contributed by atoms with Crippen molar-refractivity contribution in [2.45, 2.75) is 40.6 Å². The van der Waals surface area contributed by atoms with E-state index in [0.717, 1.165) is 12.8 Å². The zero-order valence-corrected chi connectivity index (χ0v) is 13.1. The fraction of sp³-hybridized carbons (Fsp3) is 0.294. The van der Waals surface area contributed by atoms with Crippen LogP contribution in [0.5, 0.6) is 0 Å². The second kappa shape index (κ2) is 7.06. The minimum Gasteiger partial charge on any atom is -0.108 e. The molecule has 0 aliphatic rings. The van der Waals surface area contributed by atoms with Crippen molar-refractivity contribution < 1.29 is 0 Å². The summed E-state index contributed by atoms with van der Waals surface area (Å²) in [7, 11) is 0. The van der Waals surface area contributed by atoms with Crippen molar-refractivity contribution in [2.75, 3.05) is 0 Å². The molecule has 0 aromatic heterocycles. The van der Waals surface area contributed by atoms with E-state index in [-0.39, 0.29) is 4.08 Å². The number of rotatable bonds is 6. The third-order valence-electron chi connectivity index (χ3n) is 3.17. The molecule has 2 aromatic rings. The summed E-state index contributed by atoms with van der Waals surface area (Å²) in [4.78, 5) is 2.71. The van der Waals surface area contributed by atoms with E-state index in [1.54, 1.807) is 0 Å². The molecule has 0 unspecified atom stereocenters. The largest absolute Gasteiger partial charge is 0.108 e. The summed E-state index contributed by atoms with van der Waals surface area (Å²) in [5, 5.41) is 0. The highest BCUT2D eigenvalue weighted by Crippen LogP contribution is 2.49. The van der Waals surface area contributed by atoms with E-state index in [1.165, 1.54) is 9.79 Å². The molecule has 0 bridgehead atoms. The van der Waals surface area contributed by atoms with Crippen molar-refractivity contribution in [2.24, 2.45) is 0 Å². The lowest BCUT2D eigenvalue weighted by Crippen LogP contribution is -2.17. The molecule has 0 heterocycles. The third-order valence-corrected chi connectivity index (χ3v) is 6.59. The van der Waals surface area contributed by atoms with Gasteiger partial charge in [0.15, 0.2) is 0 Å². The maximum atomic E-state index is 2.29. The maximum Gasteiger partial charge on any atom is 0.0699 e. The monoisotopic (exact) mass is 288 g/mol. The van der Waals surface area contributed by atoms with Crippen LogP contribution in [0.15, 0.2) is 70.5 Å². The van der Waals surface area contributed by atoms with Gasteiger partial charge in [0.1, 0.15) is 0 Å². The van der Waals surface area contributed by atoms with Crippen LogP contribution in [0.1, 0.15) is 26.7 Å². The highest BCUT2D eigenvalue weighted by Gasteiger charge is 2.28. The van der Waals surface area contributed by atoms with Crippen molar-refractivity contribution in [3.63, 3.8) is 0 Å². The standard InChI is InChI=1S/C17H20S2/c1-3-17(4-2,18-15-11-7-5-8-12-15)19-16-13-9-6-10-14-16/h5-14H,3-4H2,1-2H3. The molecule has 0 N–H and O–H groups in total. The Balaban J connectivity index is 2.18. The Labute approximate surface area is 125 Å². The highest BCUT2D eigenvalue weighted by molar-refractivity contribution is 8.18. The van der Waals surface area contributed by atoms with E-state index in [9.17, 15) is 0 Å². The summed E-state index contributed by atoms with van der Waals surface area (Å²) in [6.45, 7) is 4.57. The highest BCUT2D eigenvalue weighted by atomic mass is 32.2. The molecule has 100 valence electrons. The smallest absolute Gasteiger partial charge is 0.0699 e. The predicted octanol–water partition coefficient (Wildman–Crippen LogP) is 6.09. The molecule has 0 saturated carbocycles. The molecule has 0 fully saturated rings. The van der Waals surface area contributed by atoms with Crippen molar-refractivity contribution in [1.82, 2.24) is 0 Å². The molecule has 0 nitrogen and oxygen atoms in total. The van der Waals surface area contributed by atoms with Gasteiger partial charge in [0.05, 0.1) is 4.08 Å². The zero-order chi connectivity index (χ0) is 13.6. The van der Waals surface area contributed by atoms with Gasteiger partial charge in [-0.2, -0.15) is 0 Å². The lowest BCUT2D eigenvalue weighted by atomic mass is 10.2. The number of thioether (sulfide) groups is 2. The lowest BCUT2D eigenvalue weighted by molar-refractivity contribution is 0.738. The van der Waals surface area contributed by atoms with Gasteiger partial charge in [0.2, 0.25) is 0 Å². The molecule has 0 spiro atoms. The molecule has 0 radical (unpaired) electrons. The minimum absolute atomic E-state index is 0.225. The molecule has 2 rings (SSSR count). The predicted molar refractivity (Wildman–Crippen MR) is 87.9 cm³/mol. The molecule has 2 heteroatoms. The first-order chi connectivity index (χ1) is 9.28. The Kier molecular flexibility index (Phi) is 5.41. The number of benzene rings is 2. The van der Waals surface area contributed by atoms with Gasteiger partial charge in [-0.1, -0.05) is 50.2 Å². The van der Waals surface area contributed by atoms with Crippen LogP contribution < -0.4 is 0 Å². The summed E-state index contributed by atoms with van der Waals surface area (Å²) in [5.74, 6) is 0. The molecular formula is C17H20S2. The van der Waals surface area contributed by atoms with Crippen LogP contribution in [-0.2, 0) is 0 Å². The van der Waals surface area contributed by atoms with Crippen LogP contribution in [-0.4, -0.2) is 4.08 Å². The van der Waals surface area contributed by atoms with Crippen molar-refractivity contribution in [3.8, 4) is 0 Å². The topological polar surface area (TPSA) is 0 Å². The molecule has 19 heavy (non-hydrogen) atoms. The first-order valence-corrected chi connectivity index (χ1v) is 8.39. The van der Waals surface area contributed by atoms with E-state index in [2.05, 4.69) is 74.5 Å². The second-order valence-corrected chi connectivity index (χ2v) is 7.62. The quantitative estimate of drug-likeness (QED) is 0.466. The number of hydrogen-bond acceptors (Lipinski definition) is 2. The summed E-state index contributed by atoms with van der Waals surface area (Å²) >= 11 is 3.99. The fourth-order valence-corrected chi connectivity index (χ4v) is 4.73. The first kappa shape index (κ1) is 14.5. The van der Waals surface area contributed by atoms with Gasteiger partial charge in [0, 0.05) is 9.79 Å². The van der Waals surface area contributed by atoms with Gasteiger partial charge < -0.3 is 0 Å². The molecule has 0 aliphatic carbocycles. The van der Waals surface area contributed by atoms with Gasteiger partial charge in [0.25, 0.3) is 0 Å². The van der Waals surface area contributed by atoms with Gasteiger partial charge in [-0.05, 0) is 37.1 Å². The average molecular weight is 288 g/mol. The summed E-state index contributed by atoms with van der Waals surface area (Å²) in [6, 6.07) is 21.4. The Morgan fingerprint density at radius 3 is 1.37 bits per heavy atom. The van der Waals surface area contributed by atoms with Crippen molar-refractivity contribution in [3.05, 3.63) is 60.7 Å². The zero-order valence-electron chi connectivity index (χ0n) is 11.5.